The molecule has 4 rings (SSSR count). The Morgan fingerprint density at radius 3 is 2.78 bits per heavy atom. The van der Waals surface area contributed by atoms with Crippen LogP contribution in [0.3, 0.4) is 0 Å². The summed E-state index contributed by atoms with van der Waals surface area (Å²) in [4.78, 5) is 4.48. The van der Waals surface area contributed by atoms with Crippen molar-refractivity contribution in [1.29, 1.82) is 0 Å². The molecule has 5 nitrogen and oxygen atoms in total. The van der Waals surface area contributed by atoms with Crippen molar-refractivity contribution in [2.24, 2.45) is 0 Å². The third-order valence-electron chi connectivity index (χ3n) is 3.64. The van der Waals surface area contributed by atoms with Gasteiger partial charge in [-0.15, -0.1) is 0 Å². The van der Waals surface area contributed by atoms with E-state index < -0.39 is 0 Å². The number of rotatable bonds is 4. The molecule has 5 heteroatoms. The predicted molar refractivity (Wildman–Crippen MR) is 85.7 cm³/mol. The number of hydrogen-bond acceptors (Lipinski definition) is 4. The van der Waals surface area contributed by atoms with Crippen molar-refractivity contribution in [3.8, 4) is 22.7 Å². The molecule has 0 saturated heterocycles. The first kappa shape index (κ1) is 13.6. The van der Waals surface area contributed by atoms with Crippen LogP contribution in [-0.2, 0) is 6.54 Å². The van der Waals surface area contributed by atoms with Crippen LogP contribution in [0, 0.1) is 6.92 Å². The van der Waals surface area contributed by atoms with Crippen LogP contribution in [0.5, 0.6) is 0 Å². The number of imidazole rings is 1. The predicted octanol–water partition coefficient (Wildman–Crippen LogP) is 4.15. The molecule has 0 fully saturated rings. The molecule has 0 N–H and O–H groups in total. The minimum Gasteiger partial charge on any atom is -0.464 e. The maximum absolute atomic E-state index is 5.47. The van der Waals surface area contributed by atoms with Gasteiger partial charge in [-0.2, -0.15) is 0 Å². The minimum atomic E-state index is 0.598. The summed E-state index contributed by atoms with van der Waals surface area (Å²) in [6, 6.07) is 13.9. The van der Waals surface area contributed by atoms with E-state index in [4.69, 9.17) is 8.94 Å². The van der Waals surface area contributed by atoms with Gasteiger partial charge in [-0.25, -0.2) is 4.98 Å². The van der Waals surface area contributed by atoms with Crippen LogP contribution in [0.15, 0.2) is 70.1 Å². The summed E-state index contributed by atoms with van der Waals surface area (Å²) in [5.74, 6) is 2.53. The van der Waals surface area contributed by atoms with E-state index in [0.717, 1.165) is 34.2 Å². The lowest BCUT2D eigenvalue weighted by Gasteiger charge is -2.07. The van der Waals surface area contributed by atoms with Crippen LogP contribution in [0.1, 0.15) is 11.5 Å². The molecular formula is C18H15N3O2. The zero-order valence-electron chi connectivity index (χ0n) is 12.6. The van der Waals surface area contributed by atoms with Gasteiger partial charge in [0, 0.05) is 29.6 Å². The second-order valence-corrected chi connectivity index (χ2v) is 5.37. The molecule has 0 atom stereocenters. The molecule has 4 aromatic rings. The molecule has 0 aliphatic rings. The van der Waals surface area contributed by atoms with Crippen LogP contribution in [0.4, 0.5) is 0 Å². The quantitative estimate of drug-likeness (QED) is 0.568. The highest BCUT2D eigenvalue weighted by atomic mass is 16.5. The molecular weight excluding hydrogens is 290 g/mol. The molecule has 1 aromatic carbocycles. The smallest absolute Gasteiger partial charge is 0.156 e. The molecule has 0 spiro atoms. The van der Waals surface area contributed by atoms with Gasteiger partial charge in [-0.1, -0.05) is 23.4 Å². The van der Waals surface area contributed by atoms with E-state index in [1.54, 1.807) is 12.5 Å². The normalized spacial score (nSPS) is 11.0. The minimum absolute atomic E-state index is 0.598. The van der Waals surface area contributed by atoms with Crippen molar-refractivity contribution < 1.29 is 8.94 Å². The maximum atomic E-state index is 5.47. The van der Waals surface area contributed by atoms with Gasteiger partial charge >= 0.3 is 0 Å². The molecule has 0 bridgehead atoms. The number of benzene rings is 1. The van der Waals surface area contributed by atoms with E-state index in [1.165, 1.54) is 0 Å². The monoisotopic (exact) mass is 305 g/mol. The van der Waals surface area contributed by atoms with Gasteiger partial charge in [-0.05, 0) is 25.1 Å². The van der Waals surface area contributed by atoms with Gasteiger partial charge in [0.05, 0.1) is 18.5 Å². The number of aromatic nitrogens is 3. The van der Waals surface area contributed by atoms with Crippen LogP contribution < -0.4 is 0 Å². The Bertz CT molecular complexity index is 919. The Hall–Kier alpha value is -3.08. The fourth-order valence-corrected chi connectivity index (χ4v) is 2.61. The summed E-state index contributed by atoms with van der Waals surface area (Å²) in [7, 11) is 0. The molecule has 3 aromatic heterocycles. The van der Waals surface area contributed by atoms with E-state index in [9.17, 15) is 0 Å². The first-order chi connectivity index (χ1) is 11.3. The third-order valence-corrected chi connectivity index (χ3v) is 3.64. The zero-order chi connectivity index (χ0) is 15.6. The Labute approximate surface area is 133 Å². The number of nitrogens with zero attached hydrogens (tertiary/aromatic N) is 3. The average Bonchev–Trinajstić information content (AvgIpc) is 3.30. The van der Waals surface area contributed by atoms with Crippen LogP contribution in [0.2, 0.25) is 0 Å². The molecule has 23 heavy (non-hydrogen) atoms. The van der Waals surface area contributed by atoms with E-state index in [0.29, 0.717) is 6.54 Å². The van der Waals surface area contributed by atoms with Crippen molar-refractivity contribution in [3.63, 3.8) is 0 Å². The zero-order valence-corrected chi connectivity index (χ0v) is 12.6. The Kier molecular flexibility index (Phi) is 3.31. The maximum Gasteiger partial charge on any atom is 0.156 e. The molecule has 0 aliphatic carbocycles. The van der Waals surface area contributed by atoms with Crippen molar-refractivity contribution in [1.82, 2.24) is 14.7 Å². The van der Waals surface area contributed by atoms with Gasteiger partial charge in [0.1, 0.15) is 11.6 Å². The fraction of sp³-hybridized carbons (Fsp3) is 0.111. The van der Waals surface area contributed by atoms with Crippen LogP contribution in [0.25, 0.3) is 22.7 Å². The largest absolute Gasteiger partial charge is 0.464 e. The summed E-state index contributed by atoms with van der Waals surface area (Å²) in [5.41, 5.74) is 2.93. The van der Waals surface area contributed by atoms with E-state index >= 15 is 0 Å². The lowest BCUT2D eigenvalue weighted by atomic mass is 10.1. The summed E-state index contributed by atoms with van der Waals surface area (Å²) in [6.07, 6.45) is 5.40. The summed E-state index contributed by atoms with van der Waals surface area (Å²) in [6.45, 7) is 2.51. The van der Waals surface area contributed by atoms with Gasteiger partial charge in [0.15, 0.2) is 5.76 Å². The summed E-state index contributed by atoms with van der Waals surface area (Å²) >= 11 is 0. The first-order valence-electron chi connectivity index (χ1n) is 7.37. The van der Waals surface area contributed by atoms with Crippen molar-refractivity contribution in [2.45, 2.75) is 13.5 Å². The number of furan rings is 1. The highest BCUT2D eigenvalue weighted by Crippen LogP contribution is 2.26. The van der Waals surface area contributed by atoms with E-state index in [-0.39, 0.29) is 0 Å². The highest BCUT2D eigenvalue weighted by Gasteiger charge is 2.10. The molecule has 0 unspecified atom stereocenters. The van der Waals surface area contributed by atoms with Gasteiger partial charge < -0.3 is 13.5 Å². The highest BCUT2D eigenvalue weighted by molar-refractivity contribution is 5.67. The van der Waals surface area contributed by atoms with Crippen molar-refractivity contribution in [3.05, 3.63) is 72.6 Å². The Morgan fingerprint density at radius 1 is 1.09 bits per heavy atom. The van der Waals surface area contributed by atoms with Gasteiger partial charge in [-0.3, -0.25) is 0 Å². The topological polar surface area (TPSA) is 57.0 Å². The number of aryl methyl sites for hydroxylation is 1. The van der Waals surface area contributed by atoms with Gasteiger partial charge in [0.25, 0.3) is 0 Å². The van der Waals surface area contributed by atoms with Crippen molar-refractivity contribution >= 4 is 0 Å². The van der Waals surface area contributed by atoms with E-state index in [1.807, 2.05) is 54.1 Å². The van der Waals surface area contributed by atoms with Crippen molar-refractivity contribution in [2.75, 3.05) is 0 Å². The molecule has 0 radical (unpaired) electrons. The average molecular weight is 305 g/mol. The Morgan fingerprint density at radius 2 is 2.00 bits per heavy atom. The second kappa shape index (κ2) is 5.61. The lowest BCUT2D eigenvalue weighted by molar-refractivity contribution is 0.373. The molecule has 3 heterocycles. The fourth-order valence-electron chi connectivity index (χ4n) is 2.61. The first-order valence-corrected chi connectivity index (χ1v) is 7.37. The molecule has 114 valence electrons. The summed E-state index contributed by atoms with van der Waals surface area (Å²) < 4.78 is 12.8. The van der Waals surface area contributed by atoms with Gasteiger partial charge in [0.2, 0.25) is 0 Å². The number of hydrogen-bond donors (Lipinski definition) is 0. The lowest BCUT2D eigenvalue weighted by Crippen LogP contribution is -2.00. The summed E-state index contributed by atoms with van der Waals surface area (Å²) in [5, 5.41) is 3.93. The van der Waals surface area contributed by atoms with E-state index in [2.05, 4.69) is 16.2 Å². The third kappa shape index (κ3) is 2.68. The van der Waals surface area contributed by atoms with Crippen LogP contribution >= 0.6 is 0 Å². The molecule has 0 amide bonds. The second-order valence-electron chi connectivity index (χ2n) is 5.37. The van der Waals surface area contributed by atoms with Crippen LogP contribution in [-0.4, -0.2) is 14.7 Å². The Balaban J connectivity index is 1.69. The molecule has 0 aliphatic heterocycles. The molecule has 0 saturated carbocycles. The SMILES string of the molecule is Cc1cc(Cn2ccnc2-c2cccc(-c3ccco3)c2)on1. The standard InChI is InChI=1S/C18H15N3O2/c1-13-10-16(23-20-13)12-21-8-7-19-18(21)15-5-2-4-14(11-15)17-6-3-9-22-17/h2-11H,12H2,1H3.